The van der Waals surface area contributed by atoms with Crippen molar-refractivity contribution >= 4 is 12.4 Å². The number of pyridine rings is 1. The molecule has 1 saturated heterocycles. The Balaban J connectivity index is 0.00000196. The van der Waals surface area contributed by atoms with Gasteiger partial charge in [0.15, 0.2) is 0 Å². The van der Waals surface area contributed by atoms with E-state index in [0.717, 1.165) is 37.4 Å². The van der Waals surface area contributed by atoms with Crippen LogP contribution in [0.1, 0.15) is 17.2 Å². The van der Waals surface area contributed by atoms with E-state index < -0.39 is 0 Å². The molecule has 1 aliphatic rings. The summed E-state index contributed by atoms with van der Waals surface area (Å²) >= 11 is 0. The summed E-state index contributed by atoms with van der Waals surface area (Å²) in [7, 11) is 0. The van der Waals surface area contributed by atoms with Crippen molar-refractivity contribution in [1.29, 1.82) is 0 Å². The molecule has 0 saturated carbocycles. The summed E-state index contributed by atoms with van der Waals surface area (Å²) in [5.74, 6) is -0.240. The van der Waals surface area contributed by atoms with Crippen molar-refractivity contribution in [3.63, 3.8) is 0 Å². The molecule has 0 radical (unpaired) electrons. The average Bonchev–Trinajstić information content (AvgIpc) is 3.12. The third-order valence-corrected chi connectivity index (χ3v) is 4.54. The second-order valence-electron chi connectivity index (χ2n) is 6.25. The lowest BCUT2D eigenvalue weighted by Gasteiger charge is -2.36. The molecule has 7 heteroatoms. The van der Waals surface area contributed by atoms with Gasteiger partial charge in [-0.15, -0.1) is 12.4 Å². The summed E-state index contributed by atoms with van der Waals surface area (Å²) in [6.07, 6.45) is 7.63. The van der Waals surface area contributed by atoms with Crippen LogP contribution in [0.15, 0.2) is 61.2 Å². The molecule has 2 aromatic heterocycles. The normalized spacial score (nSPS) is 17.7. The molecule has 3 heterocycles. The molecule has 1 aromatic carbocycles. The summed E-state index contributed by atoms with van der Waals surface area (Å²) in [6, 6.07) is 10.8. The first-order valence-corrected chi connectivity index (χ1v) is 8.44. The fraction of sp³-hybridized carbons (Fsp3) is 0.263. The predicted molar refractivity (Wildman–Crippen MR) is 101 cm³/mol. The Morgan fingerprint density at radius 2 is 2.00 bits per heavy atom. The van der Waals surface area contributed by atoms with Crippen molar-refractivity contribution in [2.45, 2.75) is 12.6 Å². The molecule has 0 amide bonds. The van der Waals surface area contributed by atoms with Gasteiger partial charge in [0.1, 0.15) is 5.82 Å². The number of piperazine rings is 1. The van der Waals surface area contributed by atoms with Crippen LogP contribution in [0.2, 0.25) is 0 Å². The van der Waals surface area contributed by atoms with E-state index in [2.05, 4.69) is 26.4 Å². The smallest absolute Gasteiger partial charge is 0.123 e. The van der Waals surface area contributed by atoms with Crippen LogP contribution >= 0.6 is 12.4 Å². The zero-order chi connectivity index (χ0) is 17.1. The van der Waals surface area contributed by atoms with Crippen molar-refractivity contribution < 1.29 is 4.39 Å². The molecule has 0 bridgehead atoms. The van der Waals surface area contributed by atoms with Crippen molar-refractivity contribution in [2.75, 3.05) is 19.6 Å². The third-order valence-electron chi connectivity index (χ3n) is 4.54. The molecule has 1 atom stereocenters. The minimum absolute atomic E-state index is 0. The molecule has 1 N–H and O–H groups in total. The zero-order valence-electron chi connectivity index (χ0n) is 14.3. The Kier molecular flexibility index (Phi) is 5.98. The summed E-state index contributed by atoms with van der Waals surface area (Å²) in [5, 5.41) is 7.88. The van der Waals surface area contributed by atoms with Crippen molar-refractivity contribution in [3.8, 4) is 5.69 Å². The lowest BCUT2D eigenvalue weighted by molar-refractivity contribution is 0.153. The topological polar surface area (TPSA) is 46.0 Å². The maximum atomic E-state index is 13.1. The van der Waals surface area contributed by atoms with E-state index in [1.807, 2.05) is 24.7 Å². The predicted octanol–water partition coefficient (Wildman–Crippen LogP) is 2.97. The van der Waals surface area contributed by atoms with Gasteiger partial charge < -0.3 is 5.32 Å². The molecule has 136 valence electrons. The SMILES string of the molecule is Cl.Fc1ccc(-n2cc(CN3CCNCC3c3cccnc3)cn2)cc1. The van der Waals surface area contributed by atoms with Crippen LogP contribution in [0.3, 0.4) is 0 Å². The first kappa shape index (κ1) is 18.5. The second kappa shape index (κ2) is 8.40. The number of benzene rings is 1. The summed E-state index contributed by atoms with van der Waals surface area (Å²) < 4.78 is 14.9. The molecular formula is C19H21ClFN5. The van der Waals surface area contributed by atoms with Gasteiger partial charge in [0, 0.05) is 56.4 Å². The van der Waals surface area contributed by atoms with Crippen LogP contribution < -0.4 is 5.32 Å². The number of nitrogens with one attached hydrogen (secondary N) is 1. The van der Waals surface area contributed by atoms with Gasteiger partial charge in [-0.05, 0) is 35.9 Å². The quantitative estimate of drug-likeness (QED) is 0.763. The molecule has 0 aliphatic carbocycles. The van der Waals surface area contributed by atoms with Gasteiger partial charge in [-0.3, -0.25) is 9.88 Å². The van der Waals surface area contributed by atoms with E-state index in [1.165, 1.54) is 17.7 Å². The van der Waals surface area contributed by atoms with Gasteiger partial charge in [-0.1, -0.05) is 6.07 Å². The standard InChI is InChI=1S/C19H20FN5.ClH/c20-17-3-5-18(6-4-17)25-14-15(10-23-25)13-24-9-8-22-12-19(24)16-2-1-7-21-11-16;/h1-7,10-11,14,19,22H,8-9,12-13H2;1H. The zero-order valence-corrected chi connectivity index (χ0v) is 15.1. The highest BCUT2D eigenvalue weighted by Crippen LogP contribution is 2.23. The Labute approximate surface area is 158 Å². The molecule has 4 rings (SSSR count). The fourth-order valence-corrected chi connectivity index (χ4v) is 3.25. The van der Waals surface area contributed by atoms with E-state index in [4.69, 9.17) is 0 Å². The maximum absolute atomic E-state index is 13.1. The number of halogens is 2. The molecule has 1 aliphatic heterocycles. The first-order valence-electron chi connectivity index (χ1n) is 8.44. The maximum Gasteiger partial charge on any atom is 0.123 e. The van der Waals surface area contributed by atoms with Crippen LogP contribution in [0, 0.1) is 5.82 Å². The van der Waals surface area contributed by atoms with Crippen LogP contribution in [-0.2, 0) is 6.54 Å². The first-order chi connectivity index (χ1) is 12.3. The van der Waals surface area contributed by atoms with E-state index in [1.54, 1.807) is 23.0 Å². The van der Waals surface area contributed by atoms with E-state index in [9.17, 15) is 4.39 Å². The highest BCUT2D eigenvalue weighted by molar-refractivity contribution is 5.85. The lowest BCUT2D eigenvalue weighted by Crippen LogP contribution is -2.45. The minimum atomic E-state index is -0.240. The van der Waals surface area contributed by atoms with Gasteiger partial charge in [-0.2, -0.15) is 5.10 Å². The molecular weight excluding hydrogens is 353 g/mol. The van der Waals surface area contributed by atoms with Crippen LogP contribution in [0.4, 0.5) is 4.39 Å². The largest absolute Gasteiger partial charge is 0.314 e. The van der Waals surface area contributed by atoms with Crippen LogP contribution in [0.25, 0.3) is 5.69 Å². The van der Waals surface area contributed by atoms with Crippen LogP contribution in [0.5, 0.6) is 0 Å². The number of hydrogen-bond donors (Lipinski definition) is 1. The minimum Gasteiger partial charge on any atom is -0.314 e. The van der Waals surface area contributed by atoms with Crippen molar-refractivity contribution in [3.05, 3.63) is 78.1 Å². The summed E-state index contributed by atoms with van der Waals surface area (Å²) in [6.45, 7) is 3.68. The lowest BCUT2D eigenvalue weighted by atomic mass is 10.0. The Morgan fingerprint density at radius 3 is 2.77 bits per heavy atom. The Bertz CT molecular complexity index is 821. The molecule has 26 heavy (non-hydrogen) atoms. The molecule has 1 unspecified atom stereocenters. The number of hydrogen-bond acceptors (Lipinski definition) is 4. The number of nitrogens with zero attached hydrogens (tertiary/aromatic N) is 4. The third kappa shape index (κ3) is 4.09. The van der Waals surface area contributed by atoms with Gasteiger partial charge >= 0.3 is 0 Å². The second-order valence-corrected chi connectivity index (χ2v) is 6.25. The van der Waals surface area contributed by atoms with Gasteiger partial charge in [-0.25, -0.2) is 9.07 Å². The average molecular weight is 374 g/mol. The number of rotatable bonds is 4. The van der Waals surface area contributed by atoms with E-state index in [-0.39, 0.29) is 18.2 Å². The van der Waals surface area contributed by atoms with E-state index in [0.29, 0.717) is 6.04 Å². The van der Waals surface area contributed by atoms with Gasteiger partial charge in [0.05, 0.1) is 11.9 Å². The van der Waals surface area contributed by atoms with Crippen molar-refractivity contribution in [2.24, 2.45) is 0 Å². The summed E-state index contributed by atoms with van der Waals surface area (Å²) in [5.41, 5.74) is 3.22. The molecule has 3 aromatic rings. The van der Waals surface area contributed by atoms with Crippen LogP contribution in [-0.4, -0.2) is 39.3 Å². The molecule has 0 spiro atoms. The highest BCUT2D eigenvalue weighted by atomic mass is 35.5. The Morgan fingerprint density at radius 1 is 1.15 bits per heavy atom. The molecule has 1 fully saturated rings. The van der Waals surface area contributed by atoms with Gasteiger partial charge in [0.2, 0.25) is 0 Å². The Hall–Kier alpha value is -2.28. The monoisotopic (exact) mass is 373 g/mol. The van der Waals surface area contributed by atoms with E-state index >= 15 is 0 Å². The highest BCUT2D eigenvalue weighted by Gasteiger charge is 2.24. The number of aromatic nitrogens is 3. The van der Waals surface area contributed by atoms with Crippen molar-refractivity contribution in [1.82, 2.24) is 25.0 Å². The fourth-order valence-electron chi connectivity index (χ4n) is 3.25. The van der Waals surface area contributed by atoms with Gasteiger partial charge in [0.25, 0.3) is 0 Å². The molecule has 5 nitrogen and oxygen atoms in total. The summed E-state index contributed by atoms with van der Waals surface area (Å²) in [4.78, 5) is 6.69.